The number of hydrogen-bond acceptors (Lipinski definition) is 11. The van der Waals surface area contributed by atoms with Crippen molar-refractivity contribution < 1.29 is 47.5 Å². The monoisotopic (exact) mass is 445 g/mol. The second-order valence-corrected chi connectivity index (χ2v) is 7.46. The molecule has 31 heavy (non-hydrogen) atoms. The fourth-order valence-electron chi connectivity index (χ4n) is 3.30. The van der Waals surface area contributed by atoms with Crippen molar-refractivity contribution in [2.24, 2.45) is 5.11 Å². The van der Waals surface area contributed by atoms with Gasteiger partial charge in [-0.25, -0.2) is 0 Å². The zero-order chi connectivity index (χ0) is 23.2. The third-order valence-electron chi connectivity index (χ3n) is 4.34. The summed E-state index contributed by atoms with van der Waals surface area (Å²) in [7, 11) is 0. The van der Waals surface area contributed by atoms with Crippen LogP contribution < -0.4 is 0 Å². The van der Waals surface area contributed by atoms with E-state index in [1.54, 1.807) is 13.8 Å². The van der Waals surface area contributed by atoms with E-state index in [0.29, 0.717) is 0 Å². The number of carbonyl (C=O) groups excluding carboxylic acids is 3. The minimum atomic E-state index is -1.26. The van der Waals surface area contributed by atoms with E-state index in [1.165, 1.54) is 0 Å². The van der Waals surface area contributed by atoms with E-state index >= 15 is 0 Å². The highest BCUT2D eigenvalue weighted by Gasteiger charge is 2.52. The molecule has 0 N–H and O–H groups in total. The largest absolute Gasteiger partial charge is 0.456 e. The van der Waals surface area contributed by atoms with Crippen molar-refractivity contribution in [3.05, 3.63) is 10.4 Å². The van der Waals surface area contributed by atoms with Gasteiger partial charge < -0.3 is 33.2 Å². The Labute approximate surface area is 178 Å². The average Bonchev–Trinajstić information content (AvgIpc) is 3.00. The van der Waals surface area contributed by atoms with Crippen LogP contribution in [0.4, 0.5) is 0 Å². The van der Waals surface area contributed by atoms with Crippen molar-refractivity contribution in [3.8, 4) is 0 Å². The van der Waals surface area contributed by atoms with Gasteiger partial charge in [0.1, 0.15) is 12.2 Å². The maximum Gasteiger partial charge on any atom is 0.303 e. The van der Waals surface area contributed by atoms with E-state index in [9.17, 15) is 14.4 Å². The van der Waals surface area contributed by atoms with Gasteiger partial charge in [-0.15, -0.1) is 0 Å². The summed E-state index contributed by atoms with van der Waals surface area (Å²) in [6, 6.07) is 0. The Hall–Kier alpha value is -2.44. The quantitative estimate of drug-likeness (QED) is 0.173. The number of carbonyl (C=O) groups is 3. The molecule has 0 radical (unpaired) electrons. The van der Waals surface area contributed by atoms with Crippen molar-refractivity contribution in [1.82, 2.24) is 0 Å². The van der Waals surface area contributed by atoms with Gasteiger partial charge in [0.25, 0.3) is 0 Å². The van der Waals surface area contributed by atoms with Crippen LogP contribution in [0.15, 0.2) is 5.11 Å². The molecule has 2 heterocycles. The lowest BCUT2D eigenvalue weighted by molar-refractivity contribution is -0.305. The summed E-state index contributed by atoms with van der Waals surface area (Å²) in [6.45, 7) is 6.98. The van der Waals surface area contributed by atoms with Gasteiger partial charge >= 0.3 is 17.9 Å². The van der Waals surface area contributed by atoms with E-state index in [1.807, 2.05) is 0 Å². The SMILES string of the molecule is CC(=O)O[C@@H]1[C@H](OC(C)=O)[C@@H](OCC2COC(C)(C)O2)O[C@H](CN=[N+]=[N-])[C@H]1OC(C)=O. The van der Waals surface area contributed by atoms with Crippen LogP contribution in [-0.2, 0) is 47.5 Å². The van der Waals surface area contributed by atoms with Crippen LogP contribution in [0.1, 0.15) is 34.6 Å². The maximum atomic E-state index is 11.7. The molecule has 0 amide bonds. The van der Waals surface area contributed by atoms with Crippen LogP contribution in [-0.4, -0.2) is 80.3 Å². The number of esters is 3. The molecule has 0 aromatic carbocycles. The Morgan fingerprint density at radius 1 is 1.03 bits per heavy atom. The van der Waals surface area contributed by atoms with Crippen LogP contribution in [0.2, 0.25) is 0 Å². The van der Waals surface area contributed by atoms with Crippen LogP contribution in [0.5, 0.6) is 0 Å². The topological polar surface area (TPSA) is 165 Å². The average molecular weight is 445 g/mol. The molecule has 2 saturated heterocycles. The Balaban J connectivity index is 2.29. The zero-order valence-electron chi connectivity index (χ0n) is 18.0. The van der Waals surface area contributed by atoms with Gasteiger partial charge in [-0.1, -0.05) is 5.11 Å². The molecule has 0 bridgehead atoms. The molecule has 1 unspecified atom stereocenters. The van der Waals surface area contributed by atoms with Crippen molar-refractivity contribution in [3.63, 3.8) is 0 Å². The van der Waals surface area contributed by atoms with Gasteiger partial charge in [0.05, 0.1) is 19.8 Å². The van der Waals surface area contributed by atoms with Crippen LogP contribution >= 0.6 is 0 Å². The Bertz CT molecular complexity index is 723. The molecule has 0 aromatic heterocycles. The minimum Gasteiger partial charge on any atom is -0.456 e. The zero-order valence-corrected chi connectivity index (χ0v) is 18.0. The first-order chi connectivity index (χ1) is 14.5. The molecule has 2 aliphatic heterocycles. The first-order valence-corrected chi connectivity index (χ1v) is 9.63. The molecule has 13 heteroatoms. The number of rotatable bonds is 8. The van der Waals surface area contributed by atoms with E-state index in [-0.39, 0.29) is 19.8 Å². The van der Waals surface area contributed by atoms with Crippen LogP contribution in [0.3, 0.4) is 0 Å². The molecule has 0 aliphatic carbocycles. The summed E-state index contributed by atoms with van der Waals surface area (Å²) in [5.74, 6) is -2.88. The van der Waals surface area contributed by atoms with Gasteiger partial charge in [0.15, 0.2) is 30.4 Å². The Kier molecular flexibility index (Phi) is 8.60. The lowest BCUT2D eigenvalue weighted by Crippen LogP contribution is -2.62. The number of azide groups is 1. The molecule has 13 nitrogen and oxygen atoms in total. The van der Waals surface area contributed by atoms with E-state index in [0.717, 1.165) is 20.8 Å². The molecule has 0 spiro atoms. The molecule has 0 aromatic rings. The van der Waals surface area contributed by atoms with Gasteiger partial charge in [-0.05, 0) is 19.4 Å². The third kappa shape index (κ3) is 7.33. The summed E-state index contributed by atoms with van der Waals surface area (Å²) < 4.78 is 38.6. The second-order valence-electron chi connectivity index (χ2n) is 7.46. The fraction of sp³-hybridized carbons (Fsp3) is 0.833. The first kappa shape index (κ1) is 24.8. The van der Waals surface area contributed by atoms with Crippen molar-refractivity contribution in [1.29, 1.82) is 0 Å². The molecule has 6 atom stereocenters. The summed E-state index contributed by atoms with van der Waals surface area (Å²) in [5.41, 5.74) is 8.69. The number of hydrogen-bond donors (Lipinski definition) is 0. The summed E-state index contributed by atoms with van der Waals surface area (Å²) in [5, 5.41) is 3.46. The van der Waals surface area contributed by atoms with E-state index in [4.69, 9.17) is 38.7 Å². The minimum absolute atomic E-state index is 0.00508. The Morgan fingerprint density at radius 3 is 2.13 bits per heavy atom. The predicted octanol–water partition coefficient (Wildman–Crippen LogP) is 0.985. The molecule has 2 fully saturated rings. The highest BCUT2D eigenvalue weighted by molar-refractivity contribution is 5.68. The molecule has 2 rings (SSSR count). The normalized spacial score (nSPS) is 31.9. The standard InChI is InChI=1S/C18H27N3O10/c1-9(22)27-14-13(6-20-21-19)30-17(25-7-12-8-26-18(4,5)31-12)16(29-11(3)24)15(14)28-10(2)23/h12-17H,6-8H2,1-5H3/t12?,13-,14-,15+,16+,17+/m1/s1. The summed E-state index contributed by atoms with van der Waals surface area (Å²) in [6.07, 6.45) is -6.42. The first-order valence-electron chi connectivity index (χ1n) is 9.63. The molecule has 0 saturated carbocycles. The van der Waals surface area contributed by atoms with Crippen LogP contribution in [0, 0.1) is 0 Å². The van der Waals surface area contributed by atoms with Gasteiger partial charge in [-0.3, -0.25) is 14.4 Å². The summed E-state index contributed by atoms with van der Waals surface area (Å²) in [4.78, 5) is 37.8. The lowest BCUT2D eigenvalue weighted by atomic mass is 9.97. The van der Waals surface area contributed by atoms with Crippen molar-refractivity contribution in [2.75, 3.05) is 19.8 Å². The smallest absolute Gasteiger partial charge is 0.303 e. The maximum absolute atomic E-state index is 11.7. The van der Waals surface area contributed by atoms with Gasteiger partial charge in [0, 0.05) is 25.7 Å². The fourth-order valence-corrected chi connectivity index (χ4v) is 3.30. The van der Waals surface area contributed by atoms with E-state index in [2.05, 4.69) is 10.0 Å². The lowest BCUT2D eigenvalue weighted by Gasteiger charge is -2.44. The number of nitrogens with zero attached hydrogens (tertiary/aromatic N) is 3. The van der Waals surface area contributed by atoms with Crippen LogP contribution in [0.25, 0.3) is 10.4 Å². The third-order valence-corrected chi connectivity index (χ3v) is 4.34. The highest BCUT2D eigenvalue weighted by atomic mass is 16.8. The Morgan fingerprint density at radius 2 is 1.61 bits per heavy atom. The second kappa shape index (κ2) is 10.7. The van der Waals surface area contributed by atoms with Gasteiger partial charge in [-0.2, -0.15) is 0 Å². The predicted molar refractivity (Wildman–Crippen MR) is 100 cm³/mol. The van der Waals surface area contributed by atoms with Gasteiger partial charge in [0.2, 0.25) is 0 Å². The summed E-state index contributed by atoms with van der Waals surface area (Å²) >= 11 is 0. The number of ether oxygens (including phenoxy) is 7. The molecule has 174 valence electrons. The molecule has 2 aliphatic rings. The van der Waals surface area contributed by atoms with Crippen molar-refractivity contribution >= 4 is 17.9 Å². The van der Waals surface area contributed by atoms with Crippen molar-refractivity contribution in [2.45, 2.75) is 77.2 Å². The molecular weight excluding hydrogens is 418 g/mol. The highest BCUT2D eigenvalue weighted by Crippen LogP contribution is 2.31. The van der Waals surface area contributed by atoms with E-state index < -0.39 is 60.5 Å². The molecular formula is C18H27N3O10.